The molecule has 0 aliphatic carbocycles. The number of nitrogens with two attached hydrogens (primary N) is 2. The Hall–Kier alpha value is -3.48. The molecule has 3 aliphatic heterocycles. The zero-order valence-corrected chi connectivity index (χ0v) is 26.3. The van der Waals surface area contributed by atoms with E-state index >= 15 is 0 Å². The van der Waals surface area contributed by atoms with Gasteiger partial charge in [0.1, 0.15) is 41.9 Å². The van der Waals surface area contributed by atoms with Crippen molar-refractivity contribution < 1.29 is 57.1 Å². The number of likely N-dealkylation sites (tertiary alicyclic amines) is 1. The number of aliphatic hydroxyl groups excluding tert-OH is 2. The molecule has 260 valence electrons. The predicted octanol–water partition coefficient (Wildman–Crippen LogP) is -3.06. The van der Waals surface area contributed by atoms with Crippen LogP contribution in [0.1, 0.15) is 12.5 Å². The minimum absolute atomic E-state index is 0.0525. The number of phosphoric acid groups is 2. The monoisotopic (exact) mass is 717 g/mol. The largest absolute Gasteiger partial charge is 0.472 e. The van der Waals surface area contributed by atoms with Gasteiger partial charge in [-0.25, -0.2) is 29.1 Å². The van der Waals surface area contributed by atoms with Crippen LogP contribution in [-0.2, 0) is 32.2 Å². The first-order chi connectivity index (χ1) is 22.6. The van der Waals surface area contributed by atoms with Gasteiger partial charge in [0, 0.05) is 6.54 Å². The number of fused-ring (bicyclic) bond motifs is 4. The lowest BCUT2D eigenvalue weighted by Crippen LogP contribution is -2.47. The summed E-state index contributed by atoms with van der Waals surface area (Å²) in [4.78, 5) is 66.1. The van der Waals surface area contributed by atoms with Crippen molar-refractivity contribution in [2.45, 2.75) is 48.5 Å². The first-order valence-corrected chi connectivity index (χ1v) is 17.0. The van der Waals surface area contributed by atoms with Gasteiger partial charge in [0.25, 0.3) is 5.56 Å². The fraction of sp³-hybridized carbons (Fsp3) is 0.545. The molecule has 4 aromatic rings. The second kappa shape index (κ2) is 11.6. The number of phosphoric ester groups is 2. The lowest BCUT2D eigenvalue weighted by Gasteiger charge is -2.35. The molecule has 0 saturated carbocycles. The summed E-state index contributed by atoms with van der Waals surface area (Å²) in [6.07, 6.45) is -4.77. The average molecular weight is 717 g/mol. The summed E-state index contributed by atoms with van der Waals surface area (Å²) in [5.41, 5.74) is 9.49. The van der Waals surface area contributed by atoms with Gasteiger partial charge in [-0.15, -0.1) is 0 Å². The Morgan fingerprint density at radius 3 is 2.46 bits per heavy atom. The molecule has 7 rings (SSSR count). The molecule has 2 bridgehead atoms. The van der Waals surface area contributed by atoms with E-state index in [0.29, 0.717) is 0 Å². The maximum absolute atomic E-state index is 13.4. The number of imidazole rings is 2. The third-order valence-electron chi connectivity index (χ3n) is 8.35. The number of nitrogens with one attached hydrogen (secondary N) is 1. The van der Waals surface area contributed by atoms with E-state index in [1.54, 1.807) is 11.9 Å². The molecule has 0 spiro atoms. The fourth-order valence-electron chi connectivity index (χ4n) is 6.30. The number of H-pyrrole nitrogens is 1. The maximum Gasteiger partial charge on any atom is 0.472 e. The molecule has 9 atom stereocenters. The number of morpholine rings is 1. The van der Waals surface area contributed by atoms with Crippen LogP contribution in [0.3, 0.4) is 0 Å². The van der Waals surface area contributed by atoms with Gasteiger partial charge in [0.15, 0.2) is 35.1 Å². The third kappa shape index (κ3) is 5.59. The first-order valence-electron chi connectivity index (χ1n) is 14.0. The van der Waals surface area contributed by atoms with Crippen LogP contribution in [0.15, 0.2) is 23.8 Å². The van der Waals surface area contributed by atoms with Gasteiger partial charge in [0.05, 0.1) is 31.9 Å². The lowest BCUT2D eigenvalue weighted by atomic mass is 10.0. The van der Waals surface area contributed by atoms with Crippen molar-refractivity contribution in [1.82, 2.24) is 43.9 Å². The highest BCUT2D eigenvalue weighted by Crippen LogP contribution is 2.56. The summed E-state index contributed by atoms with van der Waals surface area (Å²) in [6.45, 7) is -1.60. The Labute approximate surface area is 267 Å². The molecule has 10 N–H and O–H groups in total. The molecular formula is C22H29N11O13P2. The van der Waals surface area contributed by atoms with Gasteiger partial charge >= 0.3 is 15.6 Å². The van der Waals surface area contributed by atoms with Crippen LogP contribution in [0.4, 0.5) is 11.8 Å². The van der Waals surface area contributed by atoms with E-state index < -0.39 is 82.9 Å². The van der Waals surface area contributed by atoms with E-state index in [2.05, 4.69) is 29.9 Å². The normalized spacial score (nSPS) is 32.1. The second-order valence-electron chi connectivity index (χ2n) is 11.4. The number of likely N-dealkylation sites (N-methyl/N-ethyl adjacent to an activating group) is 1. The standard InChI is InChI=1S/C22H29N11O13P2/c1-31-3-22(4-43-47(37,38)39)14(11(31)19(45-22)32-6-27-9-15(23)25-5-26-16(9)32)46-48(40,41)42-2-8-12(34)13(35)20(44-8)33-7-28-10-17(33)29-21(24)30-18(10)36/h5-8,11-14,19-20,34-35H,2-4H2,1H3,(H,40,41)(H2,23,25,26)(H2,37,38,39)(H3,24,29,30,36)/t8-,11+,12?,13+,14?,19-,20-,22-/m1/s1. The molecule has 4 aromatic heterocycles. The smallest absolute Gasteiger partial charge is 0.387 e. The highest BCUT2D eigenvalue weighted by atomic mass is 31.2. The number of aliphatic hydroxyl groups is 2. The summed E-state index contributed by atoms with van der Waals surface area (Å²) in [5, 5.41) is 21.4. The summed E-state index contributed by atoms with van der Waals surface area (Å²) in [7, 11) is -8.51. The molecular weight excluding hydrogens is 688 g/mol. The Kier molecular flexibility index (Phi) is 7.95. The van der Waals surface area contributed by atoms with Crippen molar-refractivity contribution >= 4 is 49.7 Å². The predicted molar refractivity (Wildman–Crippen MR) is 156 cm³/mol. The van der Waals surface area contributed by atoms with Crippen molar-refractivity contribution in [2.24, 2.45) is 0 Å². The Balaban J connectivity index is 1.11. The molecule has 3 fully saturated rings. The topological polar surface area (TPSA) is 344 Å². The molecule has 7 heterocycles. The molecule has 0 amide bonds. The van der Waals surface area contributed by atoms with Gasteiger partial charge in [-0.05, 0) is 7.05 Å². The van der Waals surface area contributed by atoms with Crippen molar-refractivity contribution in [2.75, 3.05) is 38.3 Å². The van der Waals surface area contributed by atoms with E-state index in [-0.39, 0.29) is 40.6 Å². The van der Waals surface area contributed by atoms with Crippen LogP contribution >= 0.6 is 15.6 Å². The number of nitrogen functional groups attached to an aromatic ring is 2. The Bertz CT molecular complexity index is 2040. The number of rotatable bonds is 10. The number of aromatic nitrogens is 8. The van der Waals surface area contributed by atoms with Gasteiger partial charge < -0.3 is 45.8 Å². The third-order valence-corrected chi connectivity index (χ3v) is 9.79. The highest BCUT2D eigenvalue weighted by Gasteiger charge is 2.66. The number of hydrogen-bond acceptors (Lipinski definition) is 18. The van der Waals surface area contributed by atoms with Crippen molar-refractivity contribution in [1.29, 1.82) is 0 Å². The first kappa shape index (κ1) is 33.0. The van der Waals surface area contributed by atoms with Gasteiger partial charge in [-0.2, -0.15) is 4.98 Å². The summed E-state index contributed by atoms with van der Waals surface area (Å²) in [6, 6.07) is -0.889. The molecule has 0 radical (unpaired) electrons. The lowest BCUT2D eigenvalue weighted by molar-refractivity contribution is -0.147. The average Bonchev–Trinajstić information content (AvgIpc) is 3.79. The summed E-state index contributed by atoms with van der Waals surface area (Å²) in [5.74, 6) is -0.157. The molecule has 0 aromatic carbocycles. The van der Waals surface area contributed by atoms with Crippen molar-refractivity contribution in [3.8, 4) is 0 Å². The summed E-state index contributed by atoms with van der Waals surface area (Å²) < 4.78 is 55.3. The number of nitrogens with zero attached hydrogens (tertiary/aromatic N) is 8. The molecule has 3 aliphatic rings. The van der Waals surface area contributed by atoms with E-state index in [0.717, 1.165) is 10.9 Å². The van der Waals surface area contributed by atoms with Gasteiger partial charge in [-0.1, -0.05) is 0 Å². The van der Waals surface area contributed by atoms with Crippen molar-refractivity contribution in [3.05, 3.63) is 29.3 Å². The zero-order valence-electron chi connectivity index (χ0n) is 24.5. The molecule has 24 nitrogen and oxygen atoms in total. The van der Waals surface area contributed by atoms with E-state index in [4.69, 9.17) is 34.5 Å². The van der Waals surface area contributed by atoms with Crippen LogP contribution in [0.25, 0.3) is 22.3 Å². The number of anilines is 2. The van der Waals surface area contributed by atoms with Gasteiger partial charge in [0.2, 0.25) is 5.95 Å². The molecule has 26 heteroatoms. The number of aromatic amines is 1. The number of hydrogen-bond donors (Lipinski definition) is 8. The number of ether oxygens (including phenoxy) is 2. The van der Waals surface area contributed by atoms with Crippen LogP contribution in [0.2, 0.25) is 0 Å². The molecule has 48 heavy (non-hydrogen) atoms. The Morgan fingerprint density at radius 2 is 1.73 bits per heavy atom. The highest BCUT2D eigenvalue weighted by molar-refractivity contribution is 7.47. The van der Waals surface area contributed by atoms with E-state index in [9.17, 15) is 38.8 Å². The van der Waals surface area contributed by atoms with E-state index in [1.165, 1.54) is 17.2 Å². The Morgan fingerprint density at radius 1 is 1.02 bits per heavy atom. The van der Waals surface area contributed by atoms with Crippen molar-refractivity contribution in [3.63, 3.8) is 0 Å². The van der Waals surface area contributed by atoms with Crippen LogP contribution in [0, 0.1) is 0 Å². The van der Waals surface area contributed by atoms with Crippen LogP contribution in [-0.4, -0.2) is 132 Å². The van der Waals surface area contributed by atoms with Gasteiger partial charge in [-0.3, -0.25) is 37.4 Å². The minimum Gasteiger partial charge on any atom is -0.387 e. The maximum atomic E-state index is 13.4. The second-order valence-corrected chi connectivity index (χ2v) is 14.1. The summed E-state index contributed by atoms with van der Waals surface area (Å²) >= 11 is 0. The molecule has 3 saturated heterocycles. The van der Waals surface area contributed by atoms with E-state index in [1.807, 2.05) is 0 Å². The minimum atomic E-state index is -5.09. The van der Waals surface area contributed by atoms with Crippen LogP contribution in [0.5, 0.6) is 0 Å². The van der Waals surface area contributed by atoms with Crippen LogP contribution < -0.4 is 17.0 Å². The molecule has 3 unspecified atom stereocenters. The fourth-order valence-corrected chi connectivity index (χ4v) is 7.69. The quantitative estimate of drug-likeness (QED) is 0.0754. The SMILES string of the molecule is CN1C[C@]2(COP(=O)(O)O)O[C@@H](n3cnc4c(N)ncnc43)[C@@H]1C2OP(=O)(O)OC[C@H]1O[C@@H](n2cnc3c(=O)[nH]c(N)nc32)[C@@H](O)C1O. The zero-order chi connectivity index (χ0) is 34.3.